The smallest absolute Gasteiger partial charge is 0.0233 e. The third kappa shape index (κ3) is 1.87. The topological polar surface area (TPSA) is 29.3 Å². The SMILES string of the molecule is NC1CC[C@@H]2CN(Cc3ccccc3)C[C@H]12. The Bertz CT molecular complexity index is 349. The summed E-state index contributed by atoms with van der Waals surface area (Å²) in [7, 11) is 0. The summed E-state index contributed by atoms with van der Waals surface area (Å²) >= 11 is 0. The van der Waals surface area contributed by atoms with Crippen molar-refractivity contribution in [3.8, 4) is 0 Å². The zero-order chi connectivity index (χ0) is 11.0. The molecule has 0 radical (unpaired) electrons. The van der Waals surface area contributed by atoms with Crippen molar-refractivity contribution in [1.82, 2.24) is 4.90 Å². The molecule has 1 aromatic rings. The van der Waals surface area contributed by atoms with Gasteiger partial charge in [0.2, 0.25) is 0 Å². The molecule has 2 fully saturated rings. The minimum atomic E-state index is 0.464. The van der Waals surface area contributed by atoms with Gasteiger partial charge in [0, 0.05) is 25.7 Å². The van der Waals surface area contributed by atoms with Crippen LogP contribution in [0.25, 0.3) is 0 Å². The second-order valence-electron chi connectivity index (χ2n) is 5.34. The maximum absolute atomic E-state index is 6.15. The summed E-state index contributed by atoms with van der Waals surface area (Å²) in [5.74, 6) is 1.64. The summed E-state index contributed by atoms with van der Waals surface area (Å²) in [5, 5.41) is 0. The average molecular weight is 216 g/mol. The van der Waals surface area contributed by atoms with E-state index in [2.05, 4.69) is 35.2 Å². The van der Waals surface area contributed by atoms with Gasteiger partial charge >= 0.3 is 0 Å². The molecule has 1 heterocycles. The standard InChI is InChI=1S/C14H20N2/c15-14-7-6-12-9-16(10-13(12)14)8-11-4-2-1-3-5-11/h1-5,12-14H,6-10,15H2/t12-,13+,14?/m1/s1. The van der Waals surface area contributed by atoms with Crippen molar-refractivity contribution >= 4 is 0 Å². The Balaban J connectivity index is 1.63. The highest BCUT2D eigenvalue weighted by Crippen LogP contribution is 2.37. The first kappa shape index (κ1) is 10.3. The Morgan fingerprint density at radius 1 is 1.12 bits per heavy atom. The lowest BCUT2D eigenvalue weighted by Gasteiger charge is -2.18. The highest BCUT2D eigenvalue weighted by Gasteiger charge is 2.40. The zero-order valence-electron chi connectivity index (χ0n) is 9.68. The van der Waals surface area contributed by atoms with Gasteiger partial charge in [-0.1, -0.05) is 30.3 Å². The van der Waals surface area contributed by atoms with Crippen molar-refractivity contribution in [1.29, 1.82) is 0 Å². The summed E-state index contributed by atoms with van der Waals surface area (Å²) in [6.45, 7) is 3.56. The van der Waals surface area contributed by atoms with Crippen LogP contribution in [0.2, 0.25) is 0 Å². The fourth-order valence-corrected chi connectivity index (χ4v) is 3.37. The maximum Gasteiger partial charge on any atom is 0.0233 e. The molecule has 2 N–H and O–H groups in total. The van der Waals surface area contributed by atoms with Crippen molar-refractivity contribution in [2.75, 3.05) is 13.1 Å². The number of hydrogen-bond donors (Lipinski definition) is 1. The van der Waals surface area contributed by atoms with E-state index in [4.69, 9.17) is 5.73 Å². The summed E-state index contributed by atoms with van der Waals surface area (Å²) < 4.78 is 0. The molecule has 0 bridgehead atoms. The van der Waals surface area contributed by atoms with Gasteiger partial charge in [-0.3, -0.25) is 4.90 Å². The fourth-order valence-electron chi connectivity index (χ4n) is 3.37. The molecule has 0 spiro atoms. The van der Waals surface area contributed by atoms with Crippen molar-refractivity contribution in [3.63, 3.8) is 0 Å². The van der Waals surface area contributed by atoms with Crippen LogP contribution in [0.3, 0.4) is 0 Å². The van der Waals surface area contributed by atoms with E-state index in [0.717, 1.165) is 18.4 Å². The molecule has 0 aromatic heterocycles. The predicted molar refractivity (Wildman–Crippen MR) is 65.9 cm³/mol. The molecule has 2 aliphatic rings. The number of nitrogens with two attached hydrogens (primary N) is 1. The fraction of sp³-hybridized carbons (Fsp3) is 0.571. The molecule has 2 heteroatoms. The van der Waals surface area contributed by atoms with Gasteiger partial charge in [-0.2, -0.15) is 0 Å². The van der Waals surface area contributed by atoms with Crippen molar-refractivity contribution in [2.24, 2.45) is 17.6 Å². The molecule has 0 amide bonds. The molecule has 1 aliphatic carbocycles. The quantitative estimate of drug-likeness (QED) is 0.817. The molecule has 1 aliphatic heterocycles. The van der Waals surface area contributed by atoms with Crippen LogP contribution in [0.1, 0.15) is 18.4 Å². The minimum Gasteiger partial charge on any atom is -0.327 e. The number of fused-ring (bicyclic) bond motifs is 1. The molecular weight excluding hydrogens is 196 g/mol. The molecule has 3 rings (SSSR count). The number of nitrogens with zero attached hydrogens (tertiary/aromatic N) is 1. The van der Waals surface area contributed by atoms with E-state index < -0.39 is 0 Å². The molecule has 1 unspecified atom stereocenters. The van der Waals surface area contributed by atoms with E-state index in [0.29, 0.717) is 6.04 Å². The lowest BCUT2D eigenvalue weighted by atomic mass is 9.98. The van der Waals surface area contributed by atoms with Gasteiger partial charge in [0.25, 0.3) is 0 Å². The first-order valence-corrected chi connectivity index (χ1v) is 6.35. The van der Waals surface area contributed by atoms with Gasteiger partial charge in [0.1, 0.15) is 0 Å². The first-order chi connectivity index (χ1) is 7.83. The Kier molecular flexibility index (Phi) is 2.70. The normalized spacial score (nSPS) is 34.2. The van der Waals surface area contributed by atoms with Crippen LogP contribution < -0.4 is 5.73 Å². The van der Waals surface area contributed by atoms with E-state index in [1.165, 1.54) is 31.5 Å². The first-order valence-electron chi connectivity index (χ1n) is 6.35. The molecule has 2 nitrogen and oxygen atoms in total. The second kappa shape index (κ2) is 4.19. The molecule has 86 valence electrons. The Hall–Kier alpha value is -0.860. The second-order valence-corrected chi connectivity index (χ2v) is 5.34. The van der Waals surface area contributed by atoms with Crippen molar-refractivity contribution in [2.45, 2.75) is 25.4 Å². The van der Waals surface area contributed by atoms with Crippen LogP contribution in [0.4, 0.5) is 0 Å². The summed E-state index contributed by atoms with van der Waals surface area (Å²) in [4.78, 5) is 2.57. The van der Waals surface area contributed by atoms with E-state index in [-0.39, 0.29) is 0 Å². The monoisotopic (exact) mass is 216 g/mol. The predicted octanol–water partition coefficient (Wildman–Crippen LogP) is 1.86. The van der Waals surface area contributed by atoms with Gasteiger partial charge in [-0.15, -0.1) is 0 Å². The minimum absolute atomic E-state index is 0.464. The van der Waals surface area contributed by atoms with Crippen molar-refractivity contribution < 1.29 is 0 Å². The number of benzene rings is 1. The van der Waals surface area contributed by atoms with Crippen LogP contribution in [0.5, 0.6) is 0 Å². The highest BCUT2D eigenvalue weighted by atomic mass is 15.2. The molecule has 1 aromatic carbocycles. The lowest BCUT2D eigenvalue weighted by molar-refractivity contribution is 0.298. The largest absolute Gasteiger partial charge is 0.327 e. The number of rotatable bonds is 2. The third-order valence-electron chi connectivity index (χ3n) is 4.24. The van der Waals surface area contributed by atoms with Gasteiger partial charge in [-0.05, 0) is 30.2 Å². The molecular formula is C14H20N2. The zero-order valence-corrected chi connectivity index (χ0v) is 9.68. The van der Waals surface area contributed by atoms with Gasteiger partial charge in [0.05, 0.1) is 0 Å². The van der Waals surface area contributed by atoms with E-state index >= 15 is 0 Å². The average Bonchev–Trinajstić information content (AvgIpc) is 2.83. The molecule has 3 atom stereocenters. The highest BCUT2D eigenvalue weighted by molar-refractivity contribution is 5.15. The van der Waals surface area contributed by atoms with Crippen LogP contribution in [-0.4, -0.2) is 24.0 Å². The molecule has 16 heavy (non-hydrogen) atoms. The van der Waals surface area contributed by atoms with Crippen molar-refractivity contribution in [3.05, 3.63) is 35.9 Å². The van der Waals surface area contributed by atoms with Gasteiger partial charge in [-0.25, -0.2) is 0 Å². The van der Waals surface area contributed by atoms with Gasteiger partial charge in [0.15, 0.2) is 0 Å². The molecule has 1 saturated carbocycles. The van der Waals surface area contributed by atoms with Crippen LogP contribution >= 0.6 is 0 Å². The summed E-state index contributed by atoms with van der Waals surface area (Å²) in [5.41, 5.74) is 7.58. The van der Waals surface area contributed by atoms with Crippen LogP contribution in [0, 0.1) is 11.8 Å². The molecule has 1 saturated heterocycles. The Labute approximate surface area is 97.4 Å². The Morgan fingerprint density at radius 2 is 1.94 bits per heavy atom. The maximum atomic E-state index is 6.15. The van der Waals surface area contributed by atoms with E-state index in [1.54, 1.807) is 0 Å². The summed E-state index contributed by atoms with van der Waals surface area (Å²) in [6, 6.07) is 11.2. The van der Waals surface area contributed by atoms with Gasteiger partial charge < -0.3 is 5.73 Å². The number of hydrogen-bond acceptors (Lipinski definition) is 2. The third-order valence-corrected chi connectivity index (χ3v) is 4.24. The summed E-state index contributed by atoms with van der Waals surface area (Å²) in [6.07, 6.45) is 2.59. The van der Waals surface area contributed by atoms with Crippen LogP contribution in [-0.2, 0) is 6.54 Å². The van der Waals surface area contributed by atoms with Crippen LogP contribution in [0.15, 0.2) is 30.3 Å². The lowest BCUT2D eigenvalue weighted by Crippen LogP contribution is -2.30. The van der Waals surface area contributed by atoms with E-state index in [1.807, 2.05) is 0 Å². The Morgan fingerprint density at radius 3 is 2.69 bits per heavy atom. The van der Waals surface area contributed by atoms with E-state index in [9.17, 15) is 0 Å². The number of likely N-dealkylation sites (tertiary alicyclic amines) is 1.